The van der Waals surface area contributed by atoms with Crippen molar-refractivity contribution in [2.24, 2.45) is 5.73 Å². The second kappa shape index (κ2) is 4.79. The highest BCUT2D eigenvalue weighted by molar-refractivity contribution is 5.68. The van der Waals surface area contributed by atoms with Gasteiger partial charge in [-0.25, -0.2) is 8.78 Å². The minimum Gasteiger partial charge on any atom is -0.481 e. The largest absolute Gasteiger partial charge is 0.481 e. The summed E-state index contributed by atoms with van der Waals surface area (Å²) in [5, 5.41) is 8.79. The Balaban J connectivity index is 3.27. The van der Waals surface area contributed by atoms with E-state index in [0.29, 0.717) is 0 Å². The molecule has 0 aliphatic carbocycles. The monoisotopic (exact) mass is 243 g/mol. The smallest absolute Gasteiger partial charge is 0.304 e. The van der Waals surface area contributed by atoms with E-state index < -0.39 is 35.5 Å². The number of carboxylic acid groups (broad SMARTS) is 1. The van der Waals surface area contributed by atoms with Crippen LogP contribution in [-0.2, 0) is 4.79 Å². The highest BCUT2D eigenvalue weighted by atomic mass is 19.1. The average molecular weight is 243 g/mol. The summed E-state index contributed by atoms with van der Waals surface area (Å²) in [4.78, 5) is 10.8. The van der Waals surface area contributed by atoms with Gasteiger partial charge in [0.25, 0.3) is 0 Å². The fraction of sp³-hybridized carbons (Fsp3) is 0.417. The molecule has 5 heteroatoms. The van der Waals surface area contributed by atoms with Gasteiger partial charge in [0.05, 0.1) is 6.42 Å². The fourth-order valence-electron chi connectivity index (χ4n) is 1.76. The van der Waals surface area contributed by atoms with Crippen molar-refractivity contribution in [2.75, 3.05) is 0 Å². The molecule has 0 heterocycles. The summed E-state index contributed by atoms with van der Waals surface area (Å²) in [5.41, 5.74) is 4.51. The van der Waals surface area contributed by atoms with Crippen LogP contribution in [0, 0.1) is 11.6 Å². The third-order valence-electron chi connectivity index (χ3n) is 2.63. The number of hydrogen-bond donors (Lipinski definition) is 2. The van der Waals surface area contributed by atoms with E-state index in [1.165, 1.54) is 6.07 Å². The van der Waals surface area contributed by atoms with Crippen LogP contribution in [-0.4, -0.2) is 16.6 Å². The predicted octanol–water partition coefficient (Wildman–Crippen LogP) is 2.26. The molecule has 0 aliphatic heterocycles. The summed E-state index contributed by atoms with van der Waals surface area (Å²) in [6.45, 7) is 3.10. The first-order chi connectivity index (χ1) is 7.73. The van der Waals surface area contributed by atoms with E-state index in [4.69, 9.17) is 10.8 Å². The first kappa shape index (κ1) is 13.6. The molecule has 1 unspecified atom stereocenters. The van der Waals surface area contributed by atoms with Crippen molar-refractivity contribution in [3.05, 3.63) is 35.4 Å². The minimum atomic E-state index is -1.14. The Labute approximate surface area is 98.2 Å². The molecule has 0 saturated carbocycles. The van der Waals surface area contributed by atoms with Crippen LogP contribution in [0.15, 0.2) is 18.2 Å². The number of hydrogen-bond acceptors (Lipinski definition) is 2. The summed E-state index contributed by atoms with van der Waals surface area (Å²) in [5.74, 6) is -3.60. The highest BCUT2D eigenvalue weighted by Gasteiger charge is 2.33. The Bertz CT molecular complexity index is 407. The van der Waals surface area contributed by atoms with Gasteiger partial charge in [0, 0.05) is 17.0 Å². The Kier molecular flexibility index (Phi) is 3.83. The molecule has 1 rings (SSSR count). The standard InChI is InChI=1S/C12H15F2NO2/c1-12(2,15)7(6-10(16)17)11-8(13)4-3-5-9(11)14/h3-5,7H,6,15H2,1-2H3,(H,16,17). The maximum absolute atomic E-state index is 13.6. The lowest BCUT2D eigenvalue weighted by Gasteiger charge is -2.30. The molecular weight excluding hydrogens is 228 g/mol. The van der Waals surface area contributed by atoms with Crippen molar-refractivity contribution in [2.45, 2.75) is 31.7 Å². The molecule has 0 spiro atoms. The van der Waals surface area contributed by atoms with Crippen LogP contribution in [0.2, 0.25) is 0 Å². The van der Waals surface area contributed by atoms with Crippen molar-refractivity contribution < 1.29 is 18.7 Å². The molecular formula is C12H15F2NO2. The zero-order valence-corrected chi connectivity index (χ0v) is 9.71. The number of carbonyl (C=O) groups is 1. The van der Waals surface area contributed by atoms with E-state index in [1.54, 1.807) is 13.8 Å². The van der Waals surface area contributed by atoms with Crippen molar-refractivity contribution >= 4 is 5.97 Å². The van der Waals surface area contributed by atoms with Crippen LogP contribution in [0.4, 0.5) is 8.78 Å². The molecule has 0 fully saturated rings. The van der Waals surface area contributed by atoms with Crippen LogP contribution in [0.5, 0.6) is 0 Å². The summed E-state index contributed by atoms with van der Waals surface area (Å²) < 4.78 is 27.2. The molecule has 0 radical (unpaired) electrons. The number of aliphatic carboxylic acids is 1. The van der Waals surface area contributed by atoms with Gasteiger partial charge in [0.2, 0.25) is 0 Å². The lowest BCUT2D eigenvalue weighted by molar-refractivity contribution is -0.137. The van der Waals surface area contributed by atoms with E-state index in [2.05, 4.69) is 0 Å². The lowest BCUT2D eigenvalue weighted by Crippen LogP contribution is -2.41. The van der Waals surface area contributed by atoms with Crippen LogP contribution in [0.25, 0.3) is 0 Å². The molecule has 3 N–H and O–H groups in total. The zero-order chi connectivity index (χ0) is 13.2. The topological polar surface area (TPSA) is 63.3 Å². The number of nitrogens with two attached hydrogens (primary N) is 1. The van der Waals surface area contributed by atoms with Crippen LogP contribution in [0.3, 0.4) is 0 Å². The number of benzene rings is 1. The summed E-state index contributed by atoms with van der Waals surface area (Å²) in [7, 11) is 0. The minimum absolute atomic E-state index is 0.262. The average Bonchev–Trinajstić information content (AvgIpc) is 2.13. The van der Waals surface area contributed by atoms with Gasteiger partial charge in [0.15, 0.2) is 0 Å². The highest BCUT2D eigenvalue weighted by Crippen LogP contribution is 2.33. The van der Waals surface area contributed by atoms with E-state index in [9.17, 15) is 13.6 Å². The molecule has 0 bridgehead atoms. The third-order valence-corrected chi connectivity index (χ3v) is 2.63. The predicted molar refractivity (Wildman–Crippen MR) is 59.6 cm³/mol. The molecule has 17 heavy (non-hydrogen) atoms. The van der Waals surface area contributed by atoms with E-state index in [-0.39, 0.29) is 5.56 Å². The maximum Gasteiger partial charge on any atom is 0.304 e. The quantitative estimate of drug-likeness (QED) is 0.852. The molecule has 0 aliphatic rings. The summed E-state index contributed by atoms with van der Waals surface area (Å²) in [6.07, 6.45) is -0.415. The second-order valence-corrected chi connectivity index (χ2v) is 4.61. The van der Waals surface area contributed by atoms with Crippen molar-refractivity contribution in [3.8, 4) is 0 Å². The van der Waals surface area contributed by atoms with Crippen LogP contribution >= 0.6 is 0 Å². The van der Waals surface area contributed by atoms with Crippen molar-refractivity contribution in [1.29, 1.82) is 0 Å². The lowest BCUT2D eigenvalue weighted by atomic mass is 9.80. The molecule has 1 aromatic rings. The first-order valence-electron chi connectivity index (χ1n) is 5.18. The van der Waals surface area contributed by atoms with Gasteiger partial charge in [-0.3, -0.25) is 4.79 Å². The molecule has 1 atom stereocenters. The van der Waals surface area contributed by atoms with E-state index in [1.807, 2.05) is 0 Å². The van der Waals surface area contributed by atoms with Gasteiger partial charge in [-0.2, -0.15) is 0 Å². The Hall–Kier alpha value is -1.49. The van der Waals surface area contributed by atoms with Gasteiger partial charge in [-0.15, -0.1) is 0 Å². The zero-order valence-electron chi connectivity index (χ0n) is 9.71. The molecule has 0 saturated heterocycles. The van der Waals surface area contributed by atoms with Gasteiger partial charge < -0.3 is 10.8 Å². The van der Waals surface area contributed by atoms with Gasteiger partial charge in [0.1, 0.15) is 11.6 Å². The molecule has 0 amide bonds. The van der Waals surface area contributed by atoms with Crippen LogP contribution < -0.4 is 5.73 Å². The third kappa shape index (κ3) is 3.23. The molecule has 1 aromatic carbocycles. The summed E-state index contributed by atoms with van der Waals surface area (Å²) >= 11 is 0. The van der Waals surface area contributed by atoms with Crippen molar-refractivity contribution in [1.82, 2.24) is 0 Å². The normalized spacial score (nSPS) is 13.5. The van der Waals surface area contributed by atoms with Gasteiger partial charge >= 0.3 is 5.97 Å². The fourth-order valence-corrected chi connectivity index (χ4v) is 1.76. The SMILES string of the molecule is CC(C)(N)C(CC(=O)O)c1c(F)cccc1F. The maximum atomic E-state index is 13.6. The Morgan fingerprint density at radius 1 is 1.41 bits per heavy atom. The van der Waals surface area contributed by atoms with Crippen molar-refractivity contribution in [3.63, 3.8) is 0 Å². The Morgan fingerprint density at radius 2 is 1.88 bits per heavy atom. The van der Waals surface area contributed by atoms with E-state index in [0.717, 1.165) is 12.1 Å². The van der Waals surface area contributed by atoms with E-state index >= 15 is 0 Å². The molecule has 0 aromatic heterocycles. The molecule has 3 nitrogen and oxygen atoms in total. The van der Waals surface area contributed by atoms with Crippen LogP contribution in [0.1, 0.15) is 31.7 Å². The number of rotatable bonds is 4. The second-order valence-electron chi connectivity index (χ2n) is 4.61. The van der Waals surface area contributed by atoms with Gasteiger partial charge in [-0.1, -0.05) is 6.07 Å². The first-order valence-corrected chi connectivity index (χ1v) is 5.18. The van der Waals surface area contributed by atoms with Gasteiger partial charge in [-0.05, 0) is 26.0 Å². The Morgan fingerprint density at radius 3 is 2.24 bits per heavy atom. The molecule has 94 valence electrons. The number of halogens is 2. The number of carboxylic acids is 1. The summed E-state index contributed by atoms with van der Waals surface area (Å²) in [6, 6.07) is 3.42.